The fourth-order valence-corrected chi connectivity index (χ4v) is 3.92. The molecule has 2 unspecified atom stereocenters. The summed E-state index contributed by atoms with van der Waals surface area (Å²) >= 11 is 0. The third kappa shape index (κ3) is 2.85. The summed E-state index contributed by atoms with van der Waals surface area (Å²) in [6, 6.07) is 0. The molecule has 2 aliphatic carbocycles. The first kappa shape index (κ1) is 12.0. The molecule has 0 amide bonds. The van der Waals surface area contributed by atoms with E-state index < -0.39 is 0 Å². The molecule has 0 bridgehead atoms. The molecule has 0 aromatic carbocycles. The number of hydrogen-bond donors (Lipinski definition) is 1. The third-order valence-electron chi connectivity index (χ3n) is 5.26. The van der Waals surface area contributed by atoms with Gasteiger partial charge in [0.05, 0.1) is 0 Å². The fraction of sp³-hybridized carbons (Fsp3) is 1.00. The molecule has 98 valence electrons. The molecule has 17 heavy (non-hydrogen) atoms. The molecule has 2 atom stereocenters. The summed E-state index contributed by atoms with van der Waals surface area (Å²) in [6.07, 6.45) is 10.0. The Morgan fingerprint density at radius 2 is 1.94 bits per heavy atom. The lowest BCUT2D eigenvalue weighted by Crippen LogP contribution is -2.52. The smallest absolute Gasteiger partial charge is 0.0308 e. The van der Waals surface area contributed by atoms with Gasteiger partial charge in [0.25, 0.3) is 0 Å². The third-order valence-corrected chi connectivity index (χ3v) is 5.26. The zero-order valence-electron chi connectivity index (χ0n) is 11.4. The van der Waals surface area contributed by atoms with Gasteiger partial charge in [-0.1, -0.05) is 26.2 Å². The van der Waals surface area contributed by atoms with E-state index in [2.05, 4.69) is 17.1 Å². The van der Waals surface area contributed by atoms with Crippen molar-refractivity contribution in [1.29, 1.82) is 0 Å². The molecule has 0 aromatic rings. The fourth-order valence-electron chi connectivity index (χ4n) is 3.92. The quantitative estimate of drug-likeness (QED) is 0.793. The molecule has 1 aliphatic heterocycles. The van der Waals surface area contributed by atoms with E-state index in [-0.39, 0.29) is 0 Å². The van der Waals surface area contributed by atoms with Crippen molar-refractivity contribution in [3.63, 3.8) is 0 Å². The summed E-state index contributed by atoms with van der Waals surface area (Å²) in [4.78, 5) is 2.78. The molecule has 1 spiro atoms. The second-order valence-electron chi connectivity index (χ2n) is 6.83. The lowest BCUT2D eigenvalue weighted by atomic mass is 9.81. The van der Waals surface area contributed by atoms with Crippen molar-refractivity contribution in [2.75, 3.05) is 26.2 Å². The molecule has 2 heteroatoms. The van der Waals surface area contributed by atoms with Crippen LogP contribution in [0, 0.1) is 11.8 Å². The van der Waals surface area contributed by atoms with Gasteiger partial charge in [-0.3, -0.25) is 0 Å². The summed E-state index contributed by atoms with van der Waals surface area (Å²) in [5.41, 5.74) is 0.493. The minimum atomic E-state index is 0.493. The number of hydrogen-bond acceptors (Lipinski definition) is 2. The average Bonchev–Trinajstić information content (AvgIpc) is 3.04. The Balaban J connectivity index is 1.60. The Morgan fingerprint density at radius 1 is 1.18 bits per heavy atom. The summed E-state index contributed by atoms with van der Waals surface area (Å²) in [6.45, 7) is 7.70. The van der Waals surface area contributed by atoms with Crippen molar-refractivity contribution >= 4 is 0 Å². The predicted molar refractivity (Wildman–Crippen MR) is 72.1 cm³/mol. The summed E-state index contributed by atoms with van der Waals surface area (Å²) in [5.74, 6) is 2.03. The van der Waals surface area contributed by atoms with Crippen LogP contribution in [-0.2, 0) is 0 Å². The largest absolute Gasteiger partial charge is 0.310 e. The van der Waals surface area contributed by atoms with E-state index in [9.17, 15) is 0 Å². The molecule has 1 N–H and O–H groups in total. The van der Waals surface area contributed by atoms with Crippen molar-refractivity contribution in [1.82, 2.24) is 10.2 Å². The van der Waals surface area contributed by atoms with Crippen LogP contribution in [0.1, 0.15) is 51.9 Å². The first-order valence-electron chi connectivity index (χ1n) is 7.75. The van der Waals surface area contributed by atoms with E-state index in [1.807, 2.05) is 0 Å². The van der Waals surface area contributed by atoms with E-state index >= 15 is 0 Å². The van der Waals surface area contributed by atoms with E-state index in [4.69, 9.17) is 0 Å². The predicted octanol–water partition coefficient (Wildman–Crippen LogP) is 2.64. The maximum Gasteiger partial charge on any atom is 0.0308 e. The molecule has 0 aromatic heterocycles. The van der Waals surface area contributed by atoms with Gasteiger partial charge in [-0.05, 0) is 50.6 Å². The minimum absolute atomic E-state index is 0.493. The van der Waals surface area contributed by atoms with Crippen LogP contribution in [0.2, 0.25) is 0 Å². The van der Waals surface area contributed by atoms with Crippen LogP contribution >= 0.6 is 0 Å². The molecule has 3 aliphatic rings. The zero-order chi connectivity index (χ0) is 11.7. The highest BCUT2D eigenvalue weighted by atomic mass is 15.2. The molecule has 3 rings (SSSR count). The summed E-state index contributed by atoms with van der Waals surface area (Å²) < 4.78 is 0. The van der Waals surface area contributed by atoms with E-state index in [1.54, 1.807) is 0 Å². The van der Waals surface area contributed by atoms with Crippen LogP contribution in [-0.4, -0.2) is 36.6 Å². The van der Waals surface area contributed by atoms with Crippen molar-refractivity contribution in [3.8, 4) is 0 Å². The first-order valence-corrected chi connectivity index (χ1v) is 7.75. The topological polar surface area (TPSA) is 15.3 Å². The van der Waals surface area contributed by atoms with Gasteiger partial charge in [0.2, 0.25) is 0 Å². The average molecular weight is 236 g/mol. The lowest BCUT2D eigenvalue weighted by molar-refractivity contribution is 0.159. The minimum Gasteiger partial charge on any atom is -0.310 e. The van der Waals surface area contributed by atoms with Crippen molar-refractivity contribution in [2.45, 2.75) is 57.4 Å². The van der Waals surface area contributed by atoms with Gasteiger partial charge < -0.3 is 10.2 Å². The summed E-state index contributed by atoms with van der Waals surface area (Å²) in [5, 5.41) is 3.89. The van der Waals surface area contributed by atoms with E-state index in [0.717, 1.165) is 11.8 Å². The van der Waals surface area contributed by atoms with Gasteiger partial charge >= 0.3 is 0 Å². The van der Waals surface area contributed by atoms with E-state index in [0.29, 0.717) is 5.54 Å². The first-order chi connectivity index (χ1) is 8.27. The van der Waals surface area contributed by atoms with Gasteiger partial charge in [0.1, 0.15) is 0 Å². The second-order valence-corrected chi connectivity index (χ2v) is 6.83. The van der Waals surface area contributed by atoms with Gasteiger partial charge in [0, 0.05) is 18.6 Å². The highest BCUT2D eigenvalue weighted by Crippen LogP contribution is 2.39. The number of nitrogens with one attached hydrogen (secondary N) is 1. The Morgan fingerprint density at radius 3 is 2.65 bits per heavy atom. The Bertz CT molecular complexity index is 258. The van der Waals surface area contributed by atoms with Crippen LogP contribution in [0.5, 0.6) is 0 Å². The normalized spacial score (nSPS) is 37.9. The number of nitrogens with zero attached hydrogens (tertiary/aromatic N) is 1. The Labute approximate surface area is 106 Å². The summed E-state index contributed by atoms with van der Waals surface area (Å²) in [7, 11) is 0. The van der Waals surface area contributed by atoms with Gasteiger partial charge in [0.15, 0.2) is 0 Å². The molecule has 3 fully saturated rings. The molecule has 1 heterocycles. The highest BCUT2D eigenvalue weighted by molar-refractivity contribution is 4.96. The van der Waals surface area contributed by atoms with Crippen LogP contribution in [0.4, 0.5) is 0 Å². The molecule has 0 radical (unpaired) electrons. The zero-order valence-corrected chi connectivity index (χ0v) is 11.4. The van der Waals surface area contributed by atoms with Crippen LogP contribution in [0.3, 0.4) is 0 Å². The maximum absolute atomic E-state index is 3.89. The standard InChI is InChI=1S/C15H28N2/c1-13-10-14(13)11-17-9-5-8-16-15(12-17)6-3-2-4-7-15/h13-14,16H,2-12H2,1H3. The Kier molecular flexibility index (Phi) is 3.45. The van der Waals surface area contributed by atoms with Crippen molar-refractivity contribution in [2.24, 2.45) is 11.8 Å². The van der Waals surface area contributed by atoms with Gasteiger partial charge in [-0.25, -0.2) is 0 Å². The lowest BCUT2D eigenvalue weighted by Gasteiger charge is -2.40. The van der Waals surface area contributed by atoms with Crippen molar-refractivity contribution < 1.29 is 0 Å². The SMILES string of the molecule is CC1CC1CN1CCCNC2(CCCCC2)C1. The van der Waals surface area contributed by atoms with Crippen molar-refractivity contribution in [3.05, 3.63) is 0 Å². The molecule has 2 saturated carbocycles. The highest BCUT2D eigenvalue weighted by Gasteiger charge is 2.38. The maximum atomic E-state index is 3.89. The van der Waals surface area contributed by atoms with Crippen LogP contribution < -0.4 is 5.32 Å². The number of rotatable bonds is 2. The van der Waals surface area contributed by atoms with E-state index in [1.165, 1.54) is 71.1 Å². The monoisotopic (exact) mass is 236 g/mol. The molecular weight excluding hydrogens is 208 g/mol. The molecular formula is C15H28N2. The van der Waals surface area contributed by atoms with Crippen LogP contribution in [0.15, 0.2) is 0 Å². The van der Waals surface area contributed by atoms with Crippen LogP contribution in [0.25, 0.3) is 0 Å². The van der Waals surface area contributed by atoms with Gasteiger partial charge in [-0.2, -0.15) is 0 Å². The molecule has 2 nitrogen and oxygen atoms in total. The second kappa shape index (κ2) is 4.89. The Hall–Kier alpha value is -0.0800. The van der Waals surface area contributed by atoms with Gasteiger partial charge in [-0.15, -0.1) is 0 Å². The molecule has 1 saturated heterocycles.